The molecule has 0 aliphatic rings. The van der Waals surface area contributed by atoms with Crippen molar-refractivity contribution in [3.8, 4) is 0 Å². The van der Waals surface area contributed by atoms with Gasteiger partial charge in [0.1, 0.15) is 5.82 Å². The Kier molecular flexibility index (Phi) is 4.78. The van der Waals surface area contributed by atoms with Crippen molar-refractivity contribution in [1.82, 2.24) is 4.98 Å². The molecule has 0 aromatic carbocycles. The Labute approximate surface area is 107 Å². The zero-order valence-electron chi connectivity index (χ0n) is 10.6. The molecule has 1 rings (SSSR count). The first-order chi connectivity index (χ1) is 7.44. The number of rotatable bonds is 5. The summed E-state index contributed by atoms with van der Waals surface area (Å²) in [5.41, 5.74) is 1.54. The Hall–Kier alpha value is -0.570. The highest BCUT2D eigenvalue weighted by atomic mass is 79.9. The van der Waals surface area contributed by atoms with Crippen LogP contribution in [0, 0.1) is 12.3 Å². The van der Waals surface area contributed by atoms with Gasteiger partial charge in [0, 0.05) is 17.2 Å². The van der Waals surface area contributed by atoms with E-state index in [0.29, 0.717) is 5.41 Å². The number of nitrogens with zero attached hydrogens (tertiary/aromatic N) is 1. The minimum absolute atomic E-state index is 0.331. The van der Waals surface area contributed by atoms with E-state index < -0.39 is 0 Å². The normalized spacial score (nSPS) is 11.6. The van der Waals surface area contributed by atoms with Crippen LogP contribution in [0.25, 0.3) is 0 Å². The Morgan fingerprint density at radius 1 is 1.44 bits per heavy atom. The fraction of sp³-hybridized carbons (Fsp3) is 0.615. The molecule has 1 N–H and O–H groups in total. The molecule has 1 aromatic rings. The highest BCUT2D eigenvalue weighted by Gasteiger charge is 2.16. The Morgan fingerprint density at radius 3 is 2.69 bits per heavy atom. The summed E-state index contributed by atoms with van der Waals surface area (Å²) in [4.78, 5) is 4.34. The van der Waals surface area contributed by atoms with Crippen LogP contribution in [0.5, 0.6) is 0 Å². The van der Waals surface area contributed by atoms with Gasteiger partial charge in [-0.25, -0.2) is 4.98 Å². The van der Waals surface area contributed by atoms with E-state index in [1.54, 1.807) is 0 Å². The highest BCUT2D eigenvalue weighted by Crippen LogP contribution is 2.23. The fourth-order valence-corrected chi connectivity index (χ4v) is 1.95. The second-order valence-electron chi connectivity index (χ2n) is 5.09. The summed E-state index contributed by atoms with van der Waals surface area (Å²) >= 11 is 3.45. The molecule has 0 spiro atoms. The van der Waals surface area contributed by atoms with E-state index in [1.807, 2.05) is 6.20 Å². The highest BCUT2D eigenvalue weighted by molar-refractivity contribution is 9.10. The average molecular weight is 285 g/mol. The molecule has 1 heterocycles. The Balaban J connectivity index is 2.57. The molecule has 0 fully saturated rings. The van der Waals surface area contributed by atoms with Gasteiger partial charge in [-0.05, 0) is 46.3 Å². The van der Waals surface area contributed by atoms with E-state index in [0.717, 1.165) is 16.8 Å². The van der Waals surface area contributed by atoms with Crippen LogP contribution < -0.4 is 5.32 Å². The van der Waals surface area contributed by atoms with Gasteiger partial charge in [0.2, 0.25) is 0 Å². The van der Waals surface area contributed by atoms with E-state index in [9.17, 15) is 0 Å². The Bertz CT molecular complexity index is 348. The predicted octanol–water partition coefficient (Wildman–Crippen LogP) is 4.39. The zero-order valence-corrected chi connectivity index (χ0v) is 12.2. The third-order valence-electron chi connectivity index (χ3n) is 2.72. The fourth-order valence-electron chi connectivity index (χ4n) is 1.73. The molecule has 0 aliphatic carbocycles. The van der Waals surface area contributed by atoms with Gasteiger partial charge in [0.05, 0.1) is 0 Å². The second-order valence-corrected chi connectivity index (χ2v) is 5.94. The first-order valence-electron chi connectivity index (χ1n) is 5.80. The van der Waals surface area contributed by atoms with Crippen molar-refractivity contribution < 1.29 is 0 Å². The molecule has 16 heavy (non-hydrogen) atoms. The van der Waals surface area contributed by atoms with Gasteiger partial charge in [-0.3, -0.25) is 0 Å². The number of hydrogen-bond acceptors (Lipinski definition) is 2. The summed E-state index contributed by atoms with van der Waals surface area (Å²) in [6.45, 7) is 9.84. The molecule has 0 aliphatic heterocycles. The maximum Gasteiger partial charge on any atom is 0.126 e. The number of aromatic nitrogens is 1. The lowest BCUT2D eigenvalue weighted by molar-refractivity contribution is 0.354. The van der Waals surface area contributed by atoms with Crippen molar-refractivity contribution in [3.63, 3.8) is 0 Å². The lowest BCUT2D eigenvalue weighted by atomic mass is 9.88. The maximum absolute atomic E-state index is 4.34. The van der Waals surface area contributed by atoms with Crippen LogP contribution in [0.15, 0.2) is 16.7 Å². The van der Waals surface area contributed by atoms with Gasteiger partial charge < -0.3 is 5.32 Å². The Morgan fingerprint density at radius 2 is 2.12 bits per heavy atom. The van der Waals surface area contributed by atoms with Crippen LogP contribution >= 0.6 is 15.9 Å². The number of halogens is 1. The van der Waals surface area contributed by atoms with Crippen molar-refractivity contribution >= 4 is 21.7 Å². The summed E-state index contributed by atoms with van der Waals surface area (Å²) in [6.07, 6.45) is 4.31. The van der Waals surface area contributed by atoms with Crippen LogP contribution in [-0.4, -0.2) is 11.5 Å². The van der Waals surface area contributed by atoms with E-state index in [4.69, 9.17) is 0 Å². The molecule has 90 valence electrons. The topological polar surface area (TPSA) is 24.9 Å². The maximum atomic E-state index is 4.34. The molecule has 1 aromatic heterocycles. The van der Waals surface area contributed by atoms with Gasteiger partial charge >= 0.3 is 0 Å². The summed E-state index contributed by atoms with van der Waals surface area (Å²) < 4.78 is 1.06. The molecular formula is C13H21BrN2. The van der Waals surface area contributed by atoms with E-state index >= 15 is 0 Å². The van der Waals surface area contributed by atoms with E-state index in [1.165, 1.54) is 18.4 Å². The van der Waals surface area contributed by atoms with Crippen molar-refractivity contribution in [1.29, 1.82) is 0 Å². The largest absolute Gasteiger partial charge is 0.370 e. The smallest absolute Gasteiger partial charge is 0.126 e. The lowest BCUT2D eigenvalue weighted by Gasteiger charge is -2.24. The molecule has 3 heteroatoms. The molecule has 0 amide bonds. The molecular weight excluding hydrogens is 264 g/mol. The summed E-state index contributed by atoms with van der Waals surface area (Å²) in [7, 11) is 0. The van der Waals surface area contributed by atoms with Crippen LogP contribution in [0.2, 0.25) is 0 Å². The van der Waals surface area contributed by atoms with Gasteiger partial charge in [0.15, 0.2) is 0 Å². The third-order valence-corrected chi connectivity index (χ3v) is 3.55. The number of aryl methyl sites for hydroxylation is 1. The van der Waals surface area contributed by atoms with Crippen molar-refractivity contribution in [2.75, 3.05) is 11.9 Å². The minimum atomic E-state index is 0.331. The SMILES string of the molecule is CCCC(C)(C)CNc1cc(C)c(Br)cn1. The van der Waals surface area contributed by atoms with Crippen LogP contribution in [0.1, 0.15) is 39.2 Å². The summed E-state index contributed by atoms with van der Waals surface area (Å²) in [5, 5.41) is 3.41. The van der Waals surface area contributed by atoms with Crippen LogP contribution in [0.3, 0.4) is 0 Å². The number of hydrogen-bond donors (Lipinski definition) is 1. The van der Waals surface area contributed by atoms with Crippen LogP contribution in [0.4, 0.5) is 5.82 Å². The minimum Gasteiger partial charge on any atom is -0.370 e. The number of anilines is 1. The van der Waals surface area contributed by atoms with Gasteiger partial charge in [-0.15, -0.1) is 0 Å². The van der Waals surface area contributed by atoms with Crippen LogP contribution in [-0.2, 0) is 0 Å². The van der Waals surface area contributed by atoms with Crippen molar-refractivity contribution in [3.05, 3.63) is 22.3 Å². The zero-order chi connectivity index (χ0) is 12.2. The monoisotopic (exact) mass is 284 g/mol. The van der Waals surface area contributed by atoms with Crippen molar-refractivity contribution in [2.24, 2.45) is 5.41 Å². The first-order valence-corrected chi connectivity index (χ1v) is 6.60. The molecule has 0 unspecified atom stereocenters. The molecule has 2 nitrogen and oxygen atoms in total. The average Bonchev–Trinajstić information content (AvgIpc) is 2.20. The lowest BCUT2D eigenvalue weighted by Crippen LogP contribution is -2.23. The van der Waals surface area contributed by atoms with Gasteiger partial charge in [0.25, 0.3) is 0 Å². The third kappa shape index (κ3) is 4.12. The predicted molar refractivity (Wildman–Crippen MR) is 73.9 cm³/mol. The van der Waals surface area contributed by atoms with Crippen molar-refractivity contribution in [2.45, 2.75) is 40.5 Å². The summed E-state index contributed by atoms with van der Waals surface area (Å²) in [6, 6.07) is 2.08. The molecule has 0 saturated carbocycles. The standard InChI is InChI=1S/C13H21BrN2/c1-5-6-13(3,4)9-16-12-7-10(2)11(14)8-15-12/h7-8H,5-6,9H2,1-4H3,(H,15,16). The molecule has 0 saturated heterocycles. The molecule has 0 atom stereocenters. The summed E-state index contributed by atoms with van der Waals surface area (Å²) in [5.74, 6) is 0.963. The van der Waals surface area contributed by atoms with E-state index in [-0.39, 0.29) is 0 Å². The molecule has 0 radical (unpaired) electrons. The second kappa shape index (κ2) is 5.67. The quantitative estimate of drug-likeness (QED) is 0.867. The first kappa shape index (κ1) is 13.5. The van der Waals surface area contributed by atoms with Gasteiger partial charge in [-0.2, -0.15) is 0 Å². The molecule has 0 bridgehead atoms. The van der Waals surface area contributed by atoms with Gasteiger partial charge in [-0.1, -0.05) is 27.2 Å². The number of pyridine rings is 1. The van der Waals surface area contributed by atoms with E-state index in [2.05, 4.69) is 60.0 Å². The number of nitrogens with one attached hydrogen (secondary N) is 1.